The summed E-state index contributed by atoms with van der Waals surface area (Å²) < 4.78 is 38.4. The van der Waals surface area contributed by atoms with Gasteiger partial charge in [0, 0.05) is 7.11 Å². The number of hydrogen-bond acceptors (Lipinski definition) is 7. The summed E-state index contributed by atoms with van der Waals surface area (Å²) in [6.07, 6.45) is -4.09. The normalized spacial score (nSPS) is 22.7. The lowest BCUT2D eigenvalue weighted by atomic mass is 9.94. The molecule has 0 saturated carbocycles. The summed E-state index contributed by atoms with van der Waals surface area (Å²) >= 11 is 0. The van der Waals surface area contributed by atoms with Crippen LogP contribution in [0.1, 0.15) is 22.3 Å². The van der Waals surface area contributed by atoms with Crippen LogP contribution < -0.4 is 0 Å². The minimum atomic E-state index is -0.791. The zero-order valence-corrected chi connectivity index (χ0v) is 24.4. The van der Waals surface area contributed by atoms with Gasteiger partial charge in [0.25, 0.3) is 0 Å². The van der Waals surface area contributed by atoms with Gasteiger partial charge in [-0.25, -0.2) is 0 Å². The van der Waals surface area contributed by atoms with Gasteiger partial charge in [-0.3, -0.25) is 0 Å². The highest BCUT2D eigenvalue weighted by atomic mass is 16.7. The molecule has 4 aromatic rings. The first-order chi connectivity index (χ1) is 21.2. The molecule has 226 valence electrons. The van der Waals surface area contributed by atoms with Gasteiger partial charge in [0.05, 0.1) is 33.0 Å². The molecule has 1 saturated heterocycles. The van der Waals surface area contributed by atoms with Crippen LogP contribution in [-0.2, 0) is 54.8 Å². The molecule has 7 heteroatoms. The van der Waals surface area contributed by atoms with E-state index in [2.05, 4.69) is 0 Å². The summed E-state index contributed by atoms with van der Waals surface area (Å²) in [5, 5.41) is 10.6. The fraction of sp³-hybridized carbons (Fsp3) is 0.333. The molecule has 0 bridgehead atoms. The molecule has 0 spiro atoms. The second-order valence-electron chi connectivity index (χ2n) is 10.5. The Balaban J connectivity index is 1.44. The highest BCUT2D eigenvalue weighted by Crippen LogP contribution is 2.33. The van der Waals surface area contributed by atoms with Crippen LogP contribution >= 0.6 is 0 Å². The van der Waals surface area contributed by atoms with Crippen LogP contribution in [0.15, 0.2) is 121 Å². The van der Waals surface area contributed by atoms with E-state index in [9.17, 15) is 5.11 Å². The molecular weight excluding hydrogens is 544 g/mol. The highest BCUT2D eigenvalue weighted by molar-refractivity contribution is 5.16. The maximum atomic E-state index is 10.6. The van der Waals surface area contributed by atoms with Crippen LogP contribution in [-0.4, -0.2) is 55.6 Å². The van der Waals surface area contributed by atoms with Crippen LogP contribution in [0.4, 0.5) is 0 Å². The molecular formula is C36H40O7. The van der Waals surface area contributed by atoms with Gasteiger partial charge in [-0.2, -0.15) is 0 Å². The standard InChI is InChI=1S/C36H40O7/c1-38-36-35(42-26-30-20-12-5-13-21-30)34(41-25-29-18-10-4-11-19-29)33(40-24-28-16-8-3-9-17-28)32(43-36)31(22-37)39-23-27-14-6-2-7-15-27/h2-21,31-37H,22-26H2,1H3. The van der Waals surface area contributed by atoms with Crippen molar-refractivity contribution in [2.24, 2.45) is 0 Å². The fourth-order valence-electron chi connectivity index (χ4n) is 5.21. The number of rotatable bonds is 15. The van der Waals surface area contributed by atoms with Crippen LogP contribution in [0.25, 0.3) is 0 Å². The third kappa shape index (κ3) is 8.81. The lowest BCUT2D eigenvalue weighted by molar-refractivity contribution is -0.333. The molecule has 6 unspecified atom stereocenters. The zero-order valence-electron chi connectivity index (χ0n) is 24.4. The van der Waals surface area contributed by atoms with Crippen LogP contribution in [0.3, 0.4) is 0 Å². The summed E-state index contributed by atoms with van der Waals surface area (Å²) in [6.45, 7) is 1.01. The Morgan fingerprint density at radius 1 is 0.558 bits per heavy atom. The van der Waals surface area contributed by atoms with Gasteiger partial charge < -0.3 is 33.5 Å². The van der Waals surface area contributed by atoms with Gasteiger partial charge in [-0.1, -0.05) is 121 Å². The number of methoxy groups -OCH3 is 1. The van der Waals surface area contributed by atoms with Crippen molar-refractivity contribution in [3.8, 4) is 0 Å². The van der Waals surface area contributed by atoms with Crippen molar-refractivity contribution >= 4 is 0 Å². The van der Waals surface area contributed by atoms with Crippen molar-refractivity contribution in [2.75, 3.05) is 13.7 Å². The van der Waals surface area contributed by atoms with E-state index in [1.165, 1.54) is 0 Å². The molecule has 1 fully saturated rings. The molecule has 0 radical (unpaired) electrons. The number of ether oxygens (including phenoxy) is 6. The second kappa shape index (κ2) is 16.4. The number of aliphatic hydroxyl groups is 1. The van der Waals surface area contributed by atoms with Crippen molar-refractivity contribution in [1.82, 2.24) is 0 Å². The quantitative estimate of drug-likeness (QED) is 0.192. The Hall–Kier alpha value is -3.40. The third-order valence-electron chi connectivity index (χ3n) is 7.47. The van der Waals surface area contributed by atoms with Crippen molar-refractivity contribution in [2.45, 2.75) is 63.2 Å². The molecule has 1 aliphatic rings. The second-order valence-corrected chi connectivity index (χ2v) is 10.5. The van der Waals surface area contributed by atoms with Gasteiger partial charge in [0.15, 0.2) is 6.29 Å². The molecule has 1 aliphatic heterocycles. The summed E-state index contributed by atoms with van der Waals surface area (Å²) in [7, 11) is 1.58. The Morgan fingerprint density at radius 3 is 1.37 bits per heavy atom. The van der Waals surface area contributed by atoms with E-state index in [0.29, 0.717) is 26.4 Å². The van der Waals surface area contributed by atoms with E-state index in [1.807, 2.05) is 121 Å². The van der Waals surface area contributed by atoms with E-state index >= 15 is 0 Å². The third-order valence-corrected chi connectivity index (χ3v) is 7.47. The molecule has 4 aromatic carbocycles. The highest BCUT2D eigenvalue weighted by Gasteiger charge is 2.51. The zero-order chi connectivity index (χ0) is 29.7. The average molecular weight is 585 g/mol. The van der Waals surface area contributed by atoms with Crippen molar-refractivity contribution in [3.05, 3.63) is 144 Å². The lowest BCUT2D eigenvalue weighted by Gasteiger charge is -2.47. The number of benzene rings is 4. The van der Waals surface area contributed by atoms with Gasteiger partial charge in [0.2, 0.25) is 0 Å². The molecule has 0 amide bonds. The SMILES string of the molecule is COC1OC(C(CO)OCc2ccccc2)C(OCc2ccccc2)C(OCc2ccccc2)C1OCc1ccccc1. The number of hydrogen-bond donors (Lipinski definition) is 1. The van der Waals surface area contributed by atoms with Gasteiger partial charge >= 0.3 is 0 Å². The van der Waals surface area contributed by atoms with Crippen molar-refractivity contribution in [1.29, 1.82) is 0 Å². The van der Waals surface area contributed by atoms with E-state index in [1.54, 1.807) is 7.11 Å². The number of aliphatic hydroxyl groups excluding tert-OH is 1. The van der Waals surface area contributed by atoms with E-state index in [0.717, 1.165) is 22.3 Å². The van der Waals surface area contributed by atoms with Crippen molar-refractivity contribution in [3.63, 3.8) is 0 Å². The van der Waals surface area contributed by atoms with Crippen LogP contribution in [0.5, 0.6) is 0 Å². The van der Waals surface area contributed by atoms with E-state index in [-0.39, 0.29) is 6.61 Å². The fourth-order valence-corrected chi connectivity index (χ4v) is 5.21. The largest absolute Gasteiger partial charge is 0.394 e. The summed E-state index contributed by atoms with van der Waals surface area (Å²) in [6, 6.07) is 39.7. The van der Waals surface area contributed by atoms with Crippen molar-refractivity contribution < 1.29 is 33.5 Å². The summed E-state index contributed by atoms with van der Waals surface area (Å²) in [4.78, 5) is 0. The predicted molar refractivity (Wildman–Crippen MR) is 163 cm³/mol. The first-order valence-corrected chi connectivity index (χ1v) is 14.7. The summed E-state index contributed by atoms with van der Waals surface area (Å²) in [5.41, 5.74) is 4.02. The van der Waals surface area contributed by atoms with E-state index in [4.69, 9.17) is 28.4 Å². The molecule has 0 aliphatic carbocycles. The van der Waals surface area contributed by atoms with Crippen LogP contribution in [0, 0.1) is 0 Å². The first kappa shape index (κ1) is 31.0. The molecule has 7 nitrogen and oxygen atoms in total. The monoisotopic (exact) mass is 584 g/mol. The van der Waals surface area contributed by atoms with Gasteiger partial charge in [-0.05, 0) is 22.3 Å². The molecule has 1 N–H and O–H groups in total. The maximum Gasteiger partial charge on any atom is 0.186 e. The molecule has 5 rings (SSSR count). The molecule has 6 atom stereocenters. The molecule has 0 aromatic heterocycles. The summed E-state index contributed by atoms with van der Waals surface area (Å²) in [5.74, 6) is 0. The predicted octanol–water partition coefficient (Wildman–Crippen LogP) is 5.69. The molecule has 1 heterocycles. The average Bonchev–Trinajstić information content (AvgIpc) is 3.07. The Morgan fingerprint density at radius 2 is 0.953 bits per heavy atom. The Labute approximate surface area is 253 Å². The topological polar surface area (TPSA) is 75.6 Å². The maximum absolute atomic E-state index is 10.6. The van der Waals surface area contributed by atoms with E-state index < -0.39 is 36.8 Å². The smallest absolute Gasteiger partial charge is 0.186 e. The minimum absolute atomic E-state index is 0.278. The van der Waals surface area contributed by atoms with Crippen LogP contribution in [0.2, 0.25) is 0 Å². The van der Waals surface area contributed by atoms with Gasteiger partial charge in [0.1, 0.15) is 30.5 Å². The van der Waals surface area contributed by atoms with Gasteiger partial charge in [-0.15, -0.1) is 0 Å². The molecule has 43 heavy (non-hydrogen) atoms. The Kier molecular flexibility index (Phi) is 11.9. The lowest BCUT2D eigenvalue weighted by Crippen LogP contribution is -2.64. The first-order valence-electron chi connectivity index (χ1n) is 14.7. The minimum Gasteiger partial charge on any atom is -0.394 e. The Bertz CT molecular complexity index is 1310.